The lowest BCUT2D eigenvalue weighted by Crippen LogP contribution is -2.35. The zero-order valence-electron chi connectivity index (χ0n) is 11.9. The van der Waals surface area contributed by atoms with Crippen LogP contribution in [0.3, 0.4) is 0 Å². The SMILES string of the molecule is CC(C)(C)n1ccnc(NCC2CCC(O)C2)c1=O. The molecular weight excluding hydrogens is 242 g/mol. The molecule has 5 nitrogen and oxygen atoms in total. The summed E-state index contributed by atoms with van der Waals surface area (Å²) in [6.07, 6.45) is 5.87. The Bertz CT molecular complexity index is 490. The van der Waals surface area contributed by atoms with E-state index in [9.17, 15) is 9.90 Å². The fraction of sp³-hybridized carbons (Fsp3) is 0.714. The van der Waals surface area contributed by atoms with Gasteiger partial charge < -0.3 is 15.0 Å². The highest BCUT2D eigenvalue weighted by atomic mass is 16.3. The smallest absolute Gasteiger partial charge is 0.293 e. The van der Waals surface area contributed by atoms with Crippen LogP contribution >= 0.6 is 0 Å². The molecule has 1 aromatic heterocycles. The van der Waals surface area contributed by atoms with Crippen molar-refractivity contribution in [2.45, 2.75) is 51.7 Å². The lowest BCUT2D eigenvalue weighted by Gasteiger charge is -2.22. The molecule has 0 radical (unpaired) electrons. The number of hydrogen-bond donors (Lipinski definition) is 2. The topological polar surface area (TPSA) is 67.2 Å². The van der Waals surface area contributed by atoms with E-state index >= 15 is 0 Å². The molecule has 2 rings (SSSR count). The molecule has 1 saturated carbocycles. The molecule has 0 bridgehead atoms. The van der Waals surface area contributed by atoms with Crippen molar-refractivity contribution in [2.75, 3.05) is 11.9 Å². The summed E-state index contributed by atoms with van der Waals surface area (Å²) >= 11 is 0. The number of aliphatic hydroxyl groups is 1. The number of aromatic nitrogens is 2. The van der Waals surface area contributed by atoms with Crippen molar-refractivity contribution >= 4 is 5.82 Å². The van der Waals surface area contributed by atoms with E-state index in [1.54, 1.807) is 17.0 Å². The Hall–Kier alpha value is -1.36. The van der Waals surface area contributed by atoms with Crippen LogP contribution in [-0.2, 0) is 5.54 Å². The van der Waals surface area contributed by atoms with Gasteiger partial charge in [0.15, 0.2) is 5.82 Å². The van der Waals surface area contributed by atoms with Gasteiger partial charge in [-0.2, -0.15) is 0 Å². The Balaban J connectivity index is 2.07. The van der Waals surface area contributed by atoms with Crippen LogP contribution in [0.1, 0.15) is 40.0 Å². The summed E-state index contributed by atoms with van der Waals surface area (Å²) in [7, 11) is 0. The van der Waals surface area contributed by atoms with E-state index in [-0.39, 0.29) is 17.2 Å². The van der Waals surface area contributed by atoms with Gasteiger partial charge >= 0.3 is 0 Å². The zero-order valence-corrected chi connectivity index (χ0v) is 11.9. The zero-order chi connectivity index (χ0) is 14.0. The van der Waals surface area contributed by atoms with Crippen molar-refractivity contribution in [3.63, 3.8) is 0 Å². The van der Waals surface area contributed by atoms with E-state index in [2.05, 4.69) is 10.3 Å². The Labute approximate surface area is 113 Å². The van der Waals surface area contributed by atoms with Crippen LogP contribution in [0.2, 0.25) is 0 Å². The molecule has 1 fully saturated rings. The summed E-state index contributed by atoms with van der Waals surface area (Å²) in [6.45, 7) is 6.68. The molecule has 1 heterocycles. The fourth-order valence-electron chi connectivity index (χ4n) is 2.54. The lowest BCUT2D eigenvalue weighted by atomic mass is 10.1. The van der Waals surface area contributed by atoms with Gasteiger partial charge in [-0.1, -0.05) is 0 Å². The molecule has 1 aliphatic carbocycles. The average molecular weight is 265 g/mol. The largest absolute Gasteiger partial charge is 0.393 e. The summed E-state index contributed by atoms with van der Waals surface area (Å²) < 4.78 is 1.69. The van der Waals surface area contributed by atoms with E-state index < -0.39 is 0 Å². The Morgan fingerprint density at radius 2 is 2.21 bits per heavy atom. The first kappa shape index (κ1) is 14.1. The first-order valence-corrected chi connectivity index (χ1v) is 6.88. The molecule has 1 aliphatic rings. The number of aliphatic hydroxyl groups excluding tert-OH is 1. The van der Waals surface area contributed by atoms with Crippen LogP contribution in [0, 0.1) is 5.92 Å². The second kappa shape index (κ2) is 5.33. The van der Waals surface area contributed by atoms with Crippen LogP contribution in [0.5, 0.6) is 0 Å². The van der Waals surface area contributed by atoms with Crippen LogP contribution in [-0.4, -0.2) is 27.3 Å². The summed E-state index contributed by atoms with van der Waals surface area (Å²) in [5.74, 6) is 0.832. The van der Waals surface area contributed by atoms with Gasteiger partial charge in [0.2, 0.25) is 0 Å². The van der Waals surface area contributed by atoms with Crippen molar-refractivity contribution in [1.29, 1.82) is 0 Å². The molecule has 0 saturated heterocycles. The van der Waals surface area contributed by atoms with Crippen molar-refractivity contribution in [2.24, 2.45) is 5.92 Å². The molecule has 0 aliphatic heterocycles. The van der Waals surface area contributed by atoms with Crippen molar-refractivity contribution in [3.8, 4) is 0 Å². The number of nitrogens with one attached hydrogen (secondary N) is 1. The van der Waals surface area contributed by atoms with E-state index in [0.29, 0.717) is 18.3 Å². The van der Waals surface area contributed by atoms with Crippen LogP contribution in [0.4, 0.5) is 5.82 Å². The minimum absolute atomic E-state index is 0.0893. The highest BCUT2D eigenvalue weighted by molar-refractivity contribution is 5.31. The highest BCUT2D eigenvalue weighted by Crippen LogP contribution is 2.25. The fourth-order valence-corrected chi connectivity index (χ4v) is 2.54. The number of hydrogen-bond acceptors (Lipinski definition) is 4. The predicted molar refractivity (Wildman–Crippen MR) is 75.3 cm³/mol. The third kappa shape index (κ3) is 3.35. The maximum Gasteiger partial charge on any atom is 0.293 e. The molecule has 106 valence electrons. The van der Waals surface area contributed by atoms with Gasteiger partial charge in [-0.25, -0.2) is 4.98 Å². The van der Waals surface area contributed by atoms with E-state index in [4.69, 9.17) is 0 Å². The average Bonchev–Trinajstić information content (AvgIpc) is 2.72. The molecule has 5 heteroatoms. The first-order chi connectivity index (χ1) is 8.88. The second-order valence-corrected chi connectivity index (χ2v) is 6.34. The Kier molecular flexibility index (Phi) is 3.94. The monoisotopic (exact) mass is 265 g/mol. The molecular formula is C14H23N3O2. The minimum Gasteiger partial charge on any atom is -0.393 e. The van der Waals surface area contributed by atoms with Crippen LogP contribution in [0.15, 0.2) is 17.2 Å². The third-order valence-corrected chi connectivity index (χ3v) is 3.64. The van der Waals surface area contributed by atoms with Crippen molar-refractivity contribution in [1.82, 2.24) is 9.55 Å². The van der Waals surface area contributed by atoms with Crippen molar-refractivity contribution < 1.29 is 5.11 Å². The van der Waals surface area contributed by atoms with Gasteiger partial charge in [0.1, 0.15) is 0 Å². The minimum atomic E-state index is -0.250. The molecule has 0 aromatic carbocycles. The van der Waals surface area contributed by atoms with E-state index in [1.807, 2.05) is 20.8 Å². The molecule has 19 heavy (non-hydrogen) atoms. The third-order valence-electron chi connectivity index (χ3n) is 3.64. The quantitative estimate of drug-likeness (QED) is 0.870. The van der Waals surface area contributed by atoms with Gasteiger partial charge in [0.25, 0.3) is 5.56 Å². The number of nitrogens with zero attached hydrogens (tertiary/aromatic N) is 2. The maximum absolute atomic E-state index is 12.3. The molecule has 2 atom stereocenters. The summed E-state index contributed by atoms with van der Waals surface area (Å²) in [5, 5.41) is 12.6. The van der Waals surface area contributed by atoms with Gasteiger partial charge in [0.05, 0.1) is 6.10 Å². The highest BCUT2D eigenvalue weighted by Gasteiger charge is 2.23. The van der Waals surface area contributed by atoms with Crippen molar-refractivity contribution in [3.05, 3.63) is 22.7 Å². The Morgan fingerprint density at radius 1 is 1.47 bits per heavy atom. The molecule has 1 aromatic rings. The Morgan fingerprint density at radius 3 is 2.79 bits per heavy atom. The van der Waals surface area contributed by atoms with E-state index in [0.717, 1.165) is 19.3 Å². The normalized spacial score (nSPS) is 23.6. The van der Waals surface area contributed by atoms with Gasteiger partial charge in [-0.3, -0.25) is 4.79 Å². The van der Waals surface area contributed by atoms with E-state index in [1.165, 1.54) is 0 Å². The first-order valence-electron chi connectivity index (χ1n) is 6.88. The second-order valence-electron chi connectivity index (χ2n) is 6.34. The summed E-state index contributed by atoms with van der Waals surface area (Å²) in [5.41, 5.74) is -0.339. The van der Waals surface area contributed by atoms with Crippen LogP contribution < -0.4 is 10.9 Å². The molecule has 2 N–H and O–H groups in total. The van der Waals surface area contributed by atoms with Gasteiger partial charge in [-0.15, -0.1) is 0 Å². The predicted octanol–water partition coefficient (Wildman–Crippen LogP) is 1.57. The molecule has 2 unspecified atom stereocenters. The standard InChI is InChI=1S/C14H23N3O2/c1-14(2,3)17-7-6-15-12(13(17)19)16-9-10-4-5-11(18)8-10/h6-7,10-11,18H,4-5,8-9H2,1-3H3,(H,15,16). The maximum atomic E-state index is 12.3. The number of rotatable bonds is 3. The van der Waals surface area contributed by atoms with Crippen LogP contribution in [0.25, 0.3) is 0 Å². The molecule has 0 spiro atoms. The summed E-state index contributed by atoms with van der Waals surface area (Å²) in [4.78, 5) is 16.4. The van der Waals surface area contributed by atoms with Gasteiger partial charge in [-0.05, 0) is 46.0 Å². The lowest BCUT2D eigenvalue weighted by molar-refractivity contribution is 0.178. The summed E-state index contributed by atoms with van der Waals surface area (Å²) in [6, 6.07) is 0. The molecule has 0 amide bonds. The number of anilines is 1. The van der Waals surface area contributed by atoms with Gasteiger partial charge in [0, 0.05) is 24.5 Å².